The van der Waals surface area contributed by atoms with Crippen molar-refractivity contribution in [2.75, 3.05) is 31.1 Å². The smallest absolute Gasteiger partial charge is 0.300 e. The summed E-state index contributed by atoms with van der Waals surface area (Å²) in [6.07, 6.45) is 4.77. The van der Waals surface area contributed by atoms with Crippen LogP contribution >= 0.6 is 0 Å². The zero-order valence-electron chi connectivity index (χ0n) is 17.5. The molecule has 0 radical (unpaired) electrons. The fraction of sp³-hybridized carbons (Fsp3) is 0.348. The minimum absolute atomic E-state index is 0.0180. The van der Waals surface area contributed by atoms with Crippen molar-refractivity contribution in [2.45, 2.75) is 25.2 Å². The van der Waals surface area contributed by atoms with Crippen LogP contribution in [0, 0.1) is 0 Å². The van der Waals surface area contributed by atoms with Crippen LogP contribution in [0.25, 0.3) is 22.6 Å². The third-order valence-electron chi connectivity index (χ3n) is 5.97. The summed E-state index contributed by atoms with van der Waals surface area (Å²) >= 11 is 0. The molecule has 32 heavy (non-hydrogen) atoms. The van der Waals surface area contributed by atoms with Crippen LogP contribution in [0.1, 0.15) is 41.4 Å². The molecule has 0 N–H and O–H groups in total. The van der Waals surface area contributed by atoms with Crippen molar-refractivity contribution in [1.82, 2.24) is 25.0 Å². The first-order valence-electron chi connectivity index (χ1n) is 10.9. The second kappa shape index (κ2) is 7.74. The normalized spacial score (nSPS) is 17.0. The Hall–Kier alpha value is -3.75. The van der Waals surface area contributed by atoms with E-state index in [2.05, 4.69) is 25.0 Å². The van der Waals surface area contributed by atoms with E-state index < -0.39 is 0 Å². The van der Waals surface area contributed by atoms with Gasteiger partial charge in [-0.2, -0.15) is 9.97 Å². The third kappa shape index (κ3) is 3.59. The van der Waals surface area contributed by atoms with E-state index in [1.165, 1.54) is 0 Å². The van der Waals surface area contributed by atoms with Gasteiger partial charge >= 0.3 is 0 Å². The number of carbonyl (C=O) groups is 1. The summed E-state index contributed by atoms with van der Waals surface area (Å²) in [5.74, 6) is 1.73. The molecule has 1 saturated carbocycles. The molecule has 0 spiro atoms. The molecule has 6 rings (SSSR count). The largest absolute Gasteiger partial charge is 0.422 e. The summed E-state index contributed by atoms with van der Waals surface area (Å²) in [5, 5.41) is 4.07. The minimum atomic E-state index is 0.0180. The Bertz CT molecular complexity index is 1230. The Labute approximate surface area is 184 Å². The van der Waals surface area contributed by atoms with Crippen molar-refractivity contribution < 1.29 is 13.7 Å². The molecule has 3 aromatic heterocycles. The summed E-state index contributed by atoms with van der Waals surface area (Å²) in [4.78, 5) is 30.2. The van der Waals surface area contributed by atoms with Gasteiger partial charge in [-0.05, 0) is 43.5 Å². The van der Waals surface area contributed by atoms with E-state index in [1.807, 2.05) is 41.3 Å². The lowest BCUT2D eigenvalue weighted by Crippen LogP contribution is -2.35. The number of hydrogen-bond donors (Lipinski definition) is 0. The van der Waals surface area contributed by atoms with Crippen LogP contribution in [0.4, 0.5) is 6.01 Å². The van der Waals surface area contributed by atoms with E-state index in [-0.39, 0.29) is 5.91 Å². The maximum atomic E-state index is 13.1. The third-order valence-corrected chi connectivity index (χ3v) is 5.97. The van der Waals surface area contributed by atoms with Crippen LogP contribution in [-0.2, 0) is 0 Å². The molecule has 2 aliphatic rings. The van der Waals surface area contributed by atoms with Crippen LogP contribution in [0.3, 0.4) is 0 Å². The first-order chi connectivity index (χ1) is 15.7. The van der Waals surface area contributed by atoms with Gasteiger partial charge in [0.1, 0.15) is 0 Å². The zero-order chi connectivity index (χ0) is 21.5. The van der Waals surface area contributed by atoms with Gasteiger partial charge in [0.2, 0.25) is 17.4 Å². The van der Waals surface area contributed by atoms with Gasteiger partial charge in [-0.15, -0.1) is 0 Å². The van der Waals surface area contributed by atoms with Gasteiger partial charge in [-0.3, -0.25) is 4.79 Å². The molecule has 0 unspecified atom stereocenters. The first-order valence-corrected chi connectivity index (χ1v) is 10.9. The van der Waals surface area contributed by atoms with E-state index in [0.29, 0.717) is 60.1 Å². The summed E-state index contributed by atoms with van der Waals surface area (Å²) in [6, 6.07) is 11.7. The highest BCUT2D eigenvalue weighted by Crippen LogP contribution is 2.39. The maximum absolute atomic E-state index is 13.1. The Morgan fingerprint density at radius 2 is 1.88 bits per heavy atom. The van der Waals surface area contributed by atoms with Crippen molar-refractivity contribution >= 4 is 23.2 Å². The van der Waals surface area contributed by atoms with Crippen molar-refractivity contribution in [3.05, 3.63) is 54.0 Å². The van der Waals surface area contributed by atoms with Crippen molar-refractivity contribution in [1.29, 1.82) is 0 Å². The molecule has 2 fully saturated rings. The van der Waals surface area contributed by atoms with Gasteiger partial charge in [0.25, 0.3) is 11.9 Å². The summed E-state index contributed by atoms with van der Waals surface area (Å²) < 4.78 is 11.2. The number of anilines is 1. The molecule has 9 nitrogen and oxygen atoms in total. The Balaban J connectivity index is 1.13. The van der Waals surface area contributed by atoms with Gasteiger partial charge < -0.3 is 18.7 Å². The molecule has 9 heteroatoms. The van der Waals surface area contributed by atoms with Crippen LogP contribution in [0.15, 0.2) is 51.5 Å². The fourth-order valence-electron chi connectivity index (χ4n) is 4.00. The van der Waals surface area contributed by atoms with E-state index in [1.54, 1.807) is 6.20 Å². The topological polar surface area (TPSA) is 101 Å². The second-order valence-electron chi connectivity index (χ2n) is 8.26. The molecule has 1 aliphatic carbocycles. The molecule has 1 aliphatic heterocycles. The van der Waals surface area contributed by atoms with Gasteiger partial charge in [0, 0.05) is 49.4 Å². The second-order valence-corrected chi connectivity index (χ2v) is 8.26. The number of hydrogen-bond acceptors (Lipinski definition) is 8. The molecule has 4 heterocycles. The van der Waals surface area contributed by atoms with Crippen molar-refractivity contribution in [2.24, 2.45) is 0 Å². The lowest BCUT2D eigenvalue weighted by atomic mass is 10.1. The van der Waals surface area contributed by atoms with Gasteiger partial charge in [-0.1, -0.05) is 17.3 Å². The van der Waals surface area contributed by atoms with Gasteiger partial charge in [0.05, 0.1) is 0 Å². The Morgan fingerprint density at radius 3 is 2.69 bits per heavy atom. The zero-order valence-corrected chi connectivity index (χ0v) is 17.5. The highest BCUT2D eigenvalue weighted by Gasteiger charge is 2.30. The predicted molar refractivity (Wildman–Crippen MR) is 116 cm³/mol. The van der Waals surface area contributed by atoms with E-state index in [4.69, 9.17) is 8.94 Å². The molecule has 162 valence electrons. The minimum Gasteiger partial charge on any atom is -0.422 e. The van der Waals surface area contributed by atoms with Crippen LogP contribution in [0.5, 0.6) is 0 Å². The first kappa shape index (κ1) is 19.0. The Kier molecular flexibility index (Phi) is 4.59. The average molecular weight is 430 g/mol. The predicted octanol–water partition coefficient (Wildman–Crippen LogP) is 3.50. The summed E-state index contributed by atoms with van der Waals surface area (Å²) in [5.41, 5.74) is 2.78. The lowest BCUT2D eigenvalue weighted by Gasteiger charge is -2.21. The van der Waals surface area contributed by atoms with Gasteiger partial charge in [0.15, 0.2) is 5.58 Å². The standard InChI is InChI=1S/C23H22N6O3/c30-22(17-8-4-15(5-9-17)19-25-21(32-27-19)16-6-7-16)28-11-2-12-29(14-13-28)23-26-20-18(31-23)3-1-10-24-20/h1,3-5,8-10,16H,2,6-7,11-14H2. The fourth-order valence-corrected chi connectivity index (χ4v) is 4.00. The number of fused-ring (bicyclic) bond motifs is 1. The number of aromatic nitrogens is 4. The van der Waals surface area contributed by atoms with Gasteiger partial charge in [-0.25, -0.2) is 4.98 Å². The molecule has 4 aromatic rings. The highest BCUT2D eigenvalue weighted by atomic mass is 16.5. The Morgan fingerprint density at radius 1 is 1.00 bits per heavy atom. The summed E-state index contributed by atoms with van der Waals surface area (Å²) in [7, 11) is 0. The van der Waals surface area contributed by atoms with Crippen LogP contribution in [0.2, 0.25) is 0 Å². The molecule has 0 atom stereocenters. The van der Waals surface area contributed by atoms with Crippen molar-refractivity contribution in [3.8, 4) is 11.4 Å². The molecule has 1 aromatic carbocycles. The van der Waals surface area contributed by atoms with Crippen LogP contribution < -0.4 is 4.90 Å². The number of nitrogens with zero attached hydrogens (tertiary/aromatic N) is 6. The van der Waals surface area contributed by atoms with E-state index in [0.717, 1.165) is 31.4 Å². The SMILES string of the molecule is O=C(c1ccc(-c2noc(C3CC3)n2)cc1)N1CCCN(c2nc3ncccc3o2)CC1. The van der Waals surface area contributed by atoms with E-state index >= 15 is 0 Å². The molecule has 1 saturated heterocycles. The molecule has 1 amide bonds. The maximum Gasteiger partial charge on any atom is 0.300 e. The highest BCUT2D eigenvalue weighted by molar-refractivity contribution is 5.94. The lowest BCUT2D eigenvalue weighted by molar-refractivity contribution is 0.0767. The average Bonchev–Trinajstić information content (AvgIpc) is 3.48. The number of carbonyl (C=O) groups excluding carboxylic acids is 1. The summed E-state index contributed by atoms with van der Waals surface area (Å²) in [6.45, 7) is 2.72. The van der Waals surface area contributed by atoms with Crippen molar-refractivity contribution in [3.63, 3.8) is 0 Å². The number of pyridine rings is 1. The number of oxazole rings is 1. The van der Waals surface area contributed by atoms with E-state index in [9.17, 15) is 4.79 Å². The number of benzene rings is 1. The van der Waals surface area contributed by atoms with Crippen LogP contribution in [-0.4, -0.2) is 57.1 Å². The number of rotatable bonds is 4. The number of amides is 1. The molecular formula is C23H22N6O3. The monoisotopic (exact) mass is 430 g/mol. The quantitative estimate of drug-likeness (QED) is 0.485. The molecule has 0 bridgehead atoms. The molecular weight excluding hydrogens is 408 g/mol.